The summed E-state index contributed by atoms with van der Waals surface area (Å²) in [6.45, 7) is 1.08. The number of rotatable bonds is 1. The third-order valence-electron chi connectivity index (χ3n) is 6.34. The Morgan fingerprint density at radius 2 is 1.77 bits per heavy atom. The Bertz CT molecular complexity index is 1260. The summed E-state index contributed by atoms with van der Waals surface area (Å²) in [5.41, 5.74) is 0.773. The van der Waals surface area contributed by atoms with Gasteiger partial charge < -0.3 is 15.5 Å². The van der Waals surface area contributed by atoms with Crippen LogP contribution in [0.1, 0.15) is 27.9 Å². The molecule has 1 saturated heterocycles. The van der Waals surface area contributed by atoms with Gasteiger partial charge in [-0.05, 0) is 12.5 Å². The zero-order chi connectivity index (χ0) is 20.6. The lowest BCUT2D eigenvalue weighted by Gasteiger charge is -2.41. The van der Waals surface area contributed by atoms with Crippen LogP contribution in [0.15, 0.2) is 65.6 Å². The number of nitrogens with one attached hydrogen (secondary N) is 2. The largest absolute Gasteiger partial charge is 0.366 e. The number of nitro groups is 1. The maximum absolute atomic E-state index is 13.7. The lowest BCUT2D eigenvalue weighted by molar-refractivity contribution is -0.435. The molecule has 3 aliphatic heterocycles. The Hall–Kier alpha value is -3.94. The minimum atomic E-state index is -1.80. The molecule has 148 valence electrons. The topological polar surface area (TPSA) is 105 Å². The molecule has 1 aliphatic carbocycles. The van der Waals surface area contributed by atoms with Gasteiger partial charge in [0.05, 0.1) is 16.2 Å². The molecule has 1 amide bonds. The van der Waals surface area contributed by atoms with Crippen LogP contribution in [0.5, 0.6) is 0 Å². The summed E-state index contributed by atoms with van der Waals surface area (Å²) >= 11 is 0. The summed E-state index contributed by atoms with van der Waals surface area (Å²) in [7, 11) is 0. The Balaban J connectivity index is 1.79. The number of Topliss-reactive ketones (excluding diaryl/α,β-unsaturated/α-hetero) is 1. The van der Waals surface area contributed by atoms with E-state index < -0.39 is 16.2 Å². The van der Waals surface area contributed by atoms with Crippen LogP contribution in [0.2, 0.25) is 0 Å². The molecule has 3 heterocycles. The van der Waals surface area contributed by atoms with E-state index in [4.69, 9.17) is 0 Å². The maximum atomic E-state index is 13.7. The molecule has 0 aromatic heterocycles. The van der Waals surface area contributed by atoms with E-state index in [0.717, 1.165) is 6.42 Å². The summed E-state index contributed by atoms with van der Waals surface area (Å²) in [5.74, 6) is -0.610. The summed E-state index contributed by atoms with van der Waals surface area (Å²) in [5, 5.41) is 18.4. The van der Waals surface area contributed by atoms with Crippen molar-refractivity contribution in [2.75, 3.05) is 18.4 Å². The number of fused-ring (bicyclic) bond motifs is 7. The third kappa shape index (κ3) is 1.77. The minimum absolute atomic E-state index is 0.172. The normalized spacial score (nSPS) is 23.7. The first-order chi connectivity index (χ1) is 14.6. The molecular formula is C22H16N4O4. The highest BCUT2D eigenvalue weighted by atomic mass is 16.6. The van der Waals surface area contributed by atoms with Crippen molar-refractivity contribution in [3.8, 4) is 0 Å². The van der Waals surface area contributed by atoms with E-state index in [1.807, 2.05) is 12.1 Å². The van der Waals surface area contributed by atoms with Crippen LogP contribution in [0, 0.1) is 10.1 Å². The Kier molecular flexibility index (Phi) is 3.15. The second kappa shape index (κ2) is 5.56. The highest BCUT2D eigenvalue weighted by Gasteiger charge is 2.67. The van der Waals surface area contributed by atoms with Gasteiger partial charge in [-0.2, -0.15) is 0 Å². The van der Waals surface area contributed by atoms with Crippen molar-refractivity contribution in [3.05, 3.63) is 92.4 Å². The van der Waals surface area contributed by atoms with Gasteiger partial charge in [-0.25, -0.2) is 0 Å². The van der Waals surface area contributed by atoms with Crippen LogP contribution in [-0.4, -0.2) is 34.6 Å². The predicted octanol–water partition coefficient (Wildman–Crippen LogP) is 2.24. The van der Waals surface area contributed by atoms with Crippen molar-refractivity contribution in [2.24, 2.45) is 0 Å². The van der Waals surface area contributed by atoms with Crippen LogP contribution < -0.4 is 10.6 Å². The van der Waals surface area contributed by atoms with Gasteiger partial charge in [0.1, 0.15) is 0 Å². The van der Waals surface area contributed by atoms with Crippen LogP contribution in [0.4, 0.5) is 5.69 Å². The fourth-order valence-corrected chi connectivity index (χ4v) is 5.24. The lowest BCUT2D eigenvalue weighted by Crippen LogP contribution is -2.52. The van der Waals surface area contributed by atoms with Crippen molar-refractivity contribution in [1.82, 2.24) is 10.2 Å². The van der Waals surface area contributed by atoms with Crippen molar-refractivity contribution >= 4 is 23.1 Å². The van der Waals surface area contributed by atoms with E-state index in [-0.39, 0.29) is 17.1 Å². The molecule has 0 radical (unpaired) electrons. The highest BCUT2D eigenvalue weighted by Crippen LogP contribution is 2.57. The molecule has 1 spiro atoms. The number of nitrogens with zero attached hydrogens (tertiary/aromatic N) is 2. The smallest absolute Gasteiger partial charge is 0.310 e. The number of anilines is 1. The van der Waals surface area contributed by atoms with Crippen molar-refractivity contribution < 1.29 is 14.5 Å². The maximum Gasteiger partial charge on any atom is 0.310 e. The average Bonchev–Trinajstić information content (AvgIpc) is 3.21. The van der Waals surface area contributed by atoms with Crippen molar-refractivity contribution in [1.29, 1.82) is 0 Å². The molecular weight excluding hydrogens is 384 g/mol. The molecule has 4 aliphatic rings. The molecule has 2 aromatic carbocycles. The number of benzene rings is 2. The molecule has 30 heavy (non-hydrogen) atoms. The molecule has 0 bridgehead atoms. The Morgan fingerprint density at radius 3 is 2.57 bits per heavy atom. The monoisotopic (exact) mass is 400 g/mol. The lowest BCUT2D eigenvalue weighted by atomic mass is 9.69. The van der Waals surface area contributed by atoms with Gasteiger partial charge in [0.25, 0.3) is 5.91 Å². The van der Waals surface area contributed by atoms with Gasteiger partial charge in [0.15, 0.2) is 11.6 Å². The fraction of sp³-hybridized carbons (Fsp3) is 0.182. The summed E-state index contributed by atoms with van der Waals surface area (Å²) < 4.78 is 0. The number of carbonyl (C=O) groups excluding carboxylic acids is 2. The number of ketones is 1. The van der Waals surface area contributed by atoms with E-state index in [0.29, 0.717) is 47.0 Å². The molecule has 0 saturated carbocycles. The molecule has 8 nitrogen and oxygen atoms in total. The number of para-hydroxylation sites is 1. The number of carbonyl (C=O) groups is 2. The van der Waals surface area contributed by atoms with Gasteiger partial charge in [-0.1, -0.05) is 42.5 Å². The molecule has 1 atom stereocenters. The standard InChI is InChI=1S/C22H16N4O4/c27-18-13-7-2-1-6-12(13)17-16(18)22(14-8-3-4-9-15(14)24-21(22)28)19(26(29)30)20-23-10-5-11-25(17)20/h1-4,6-9,23H,5,10-11H2,(H,24,28). The molecule has 8 heteroatoms. The van der Waals surface area contributed by atoms with E-state index >= 15 is 0 Å². The molecule has 2 aromatic rings. The Labute approximate surface area is 171 Å². The van der Waals surface area contributed by atoms with Crippen LogP contribution >= 0.6 is 0 Å². The van der Waals surface area contributed by atoms with Crippen LogP contribution in [0.3, 0.4) is 0 Å². The van der Waals surface area contributed by atoms with Gasteiger partial charge >= 0.3 is 5.70 Å². The minimum Gasteiger partial charge on any atom is -0.366 e. The first kappa shape index (κ1) is 17.0. The predicted molar refractivity (Wildman–Crippen MR) is 108 cm³/mol. The fourth-order valence-electron chi connectivity index (χ4n) is 5.24. The highest BCUT2D eigenvalue weighted by molar-refractivity contribution is 6.29. The SMILES string of the molecule is O=C1C2=C(c3ccccc31)N1CCCNC1=C([N+](=O)[O-])C21C(=O)Nc2ccccc21. The first-order valence-electron chi connectivity index (χ1n) is 9.77. The van der Waals surface area contributed by atoms with Crippen LogP contribution in [0.25, 0.3) is 5.70 Å². The molecule has 2 N–H and O–H groups in total. The number of amides is 1. The van der Waals surface area contributed by atoms with Gasteiger partial charge in [0, 0.05) is 35.5 Å². The zero-order valence-corrected chi connectivity index (χ0v) is 15.8. The van der Waals surface area contributed by atoms with E-state index in [1.54, 1.807) is 41.3 Å². The number of hydrogen-bond donors (Lipinski definition) is 2. The van der Waals surface area contributed by atoms with Gasteiger partial charge in [-0.15, -0.1) is 0 Å². The number of hydrogen-bond acceptors (Lipinski definition) is 6. The van der Waals surface area contributed by atoms with Gasteiger partial charge in [0.2, 0.25) is 5.41 Å². The molecule has 1 fully saturated rings. The molecule has 1 unspecified atom stereocenters. The second-order valence-electron chi connectivity index (χ2n) is 7.73. The van der Waals surface area contributed by atoms with E-state index in [1.165, 1.54) is 0 Å². The first-order valence-corrected chi connectivity index (χ1v) is 9.77. The van der Waals surface area contributed by atoms with Crippen molar-refractivity contribution in [2.45, 2.75) is 11.8 Å². The van der Waals surface area contributed by atoms with E-state index in [2.05, 4.69) is 10.6 Å². The quantitative estimate of drug-likeness (QED) is 0.562. The second-order valence-corrected chi connectivity index (χ2v) is 7.73. The van der Waals surface area contributed by atoms with Crippen LogP contribution in [-0.2, 0) is 10.2 Å². The summed E-state index contributed by atoms with van der Waals surface area (Å²) in [6.07, 6.45) is 0.761. The molecule has 6 rings (SSSR count). The third-order valence-corrected chi connectivity index (χ3v) is 6.34. The van der Waals surface area contributed by atoms with E-state index in [9.17, 15) is 19.7 Å². The average molecular weight is 400 g/mol. The summed E-state index contributed by atoms with van der Waals surface area (Å²) in [4.78, 5) is 41.0. The van der Waals surface area contributed by atoms with Crippen molar-refractivity contribution in [3.63, 3.8) is 0 Å². The Morgan fingerprint density at radius 1 is 1.03 bits per heavy atom. The van der Waals surface area contributed by atoms with Gasteiger partial charge in [-0.3, -0.25) is 19.7 Å². The zero-order valence-electron chi connectivity index (χ0n) is 15.8. The summed E-state index contributed by atoms with van der Waals surface area (Å²) in [6, 6.07) is 14.0.